The van der Waals surface area contributed by atoms with Crippen LogP contribution >= 0.6 is 23.2 Å². The first-order chi connectivity index (χ1) is 12.7. The van der Waals surface area contributed by atoms with Crippen LogP contribution in [0.15, 0.2) is 36.4 Å². The second-order valence-electron chi connectivity index (χ2n) is 5.44. The summed E-state index contributed by atoms with van der Waals surface area (Å²) >= 11 is 11.8. The quantitative estimate of drug-likeness (QED) is 0.572. The zero-order valence-corrected chi connectivity index (χ0v) is 15.7. The molecule has 9 nitrogen and oxygen atoms in total. The number of nitrogens with one attached hydrogen (secondary N) is 2. The van der Waals surface area contributed by atoms with Gasteiger partial charge in [-0.1, -0.05) is 23.2 Å². The minimum Gasteiger partial charge on any atom is -0.450 e. The Kier molecular flexibility index (Phi) is 6.56. The first-order valence-electron chi connectivity index (χ1n) is 7.37. The molecule has 0 atom stereocenters. The zero-order valence-electron chi connectivity index (χ0n) is 14.2. The van der Waals surface area contributed by atoms with Crippen LogP contribution < -0.4 is 15.5 Å². The molecule has 2 aromatic carbocycles. The Morgan fingerprint density at radius 3 is 2.30 bits per heavy atom. The van der Waals surface area contributed by atoms with Crippen LogP contribution in [-0.2, 0) is 0 Å². The Balaban J connectivity index is 2.27. The zero-order chi connectivity index (χ0) is 20.1. The number of hydrogen-bond acceptors (Lipinski definition) is 6. The number of hydrogen-bond donors (Lipinski definition) is 2. The summed E-state index contributed by atoms with van der Waals surface area (Å²) in [6.07, 6.45) is 0. The summed E-state index contributed by atoms with van der Waals surface area (Å²) < 4.78 is 5.47. The number of nitrogens with zero attached hydrogens (tertiary/aromatic N) is 2. The van der Waals surface area contributed by atoms with E-state index in [1.165, 1.54) is 35.3 Å². The number of carbonyl (C=O) groups is 2. The van der Waals surface area contributed by atoms with Gasteiger partial charge in [-0.05, 0) is 30.3 Å². The van der Waals surface area contributed by atoms with Crippen LogP contribution in [0.25, 0.3) is 0 Å². The summed E-state index contributed by atoms with van der Waals surface area (Å²) in [4.78, 5) is 34.3. The van der Waals surface area contributed by atoms with E-state index in [1.54, 1.807) is 14.1 Å². The first kappa shape index (κ1) is 20.4. The highest BCUT2D eigenvalue weighted by molar-refractivity contribution is 6.34. The lowest BCUT2D eigenvalue weighted by Gasteiger charge is -2.12. The van der Waals surface area contributed by atoms with Gasteiger partial charge < -0.3 is 4.74 Å². The molecular weight excluding hydrogens is 399 g/mol. The second kappa shape index (κ2) is 8.67. The third-order valence-corrected chi connectivity index (χ3v) is 3.47. The molecule has 27 heavy (non-hydrogen) atoms. The Morgan fingerprint density at radius 1 is 1.11 bits per heavy atom. The molecule has 2 N–H and O–H groups in total. The van der Waals surface area contributed by atoms with Gasteiger partial charge in [0.05, 0.1) is 4.92 Å². The van der Waals surface area contributed by atoms with Gasteiger partial charge in [-0.3, -0.25) is 25.7 Å². The average Bonchev–Trinajstić information content (AvgIpc) is 2.52. The highest BCUT2D eigenvalue weighted by Gasteiger charge is 2.21. The van der Waals surface area contributed by atoms with Crippen molar-refractivity contribution in [2.75, 3.05) is 14.1 Å². The maximum atomic E-state index is 12.1. The van der Waals surface area contributed by atoms with Crippen molar-refractivity contribution in [2.24, 2.45) is 0 Å². The maximum absolute atomic E-state index is 12.1. The van der Waals surface area contributed by atoms with Gasteiger partial charge in [-0.2, -0.15) is 0 Å². The monoisotopic (exact) mass is 412 g/mol. The molecule has 0 unspecified atom stereocenters. The van der Waals surface area contributed by atoms with Gasteiger partial charge in [0.25, 0.3) is 5.91 Å². The van der Waals surface area contributed by atoms with Crippen molar-refractivity contribution in [1.29, 1.82) is 0 Å². The smallest absolute Gasteiger partial charge is 0.336 e. The number of ether oxygens (including phenoxy) is 1. The fraction of sp³-hybridized carbons (Fsp3) is 0.125. The number of carbonyl (C=O) groups excluding carboxylic acids is 2. The number of benzene rings is 2. The molecule has 11 heteroatoms. The van der Waals surface area contributed by atoms with Gasteiger partial charge in [-0.25, -0.2) is 9.80 Å². The van der Waals surface area contributed by atoms with Crippen LogP contribution in [0.3, 0.4) is 0 Å². The third kappa shape index (κ3) is 5.81. The molecule has 0 aliphatic heterocycles. The summed E-state index contributed by atoms with van der Waals surface area (Å²) in [7, 11) is 3.12. The highest BCUT2D eigenvalue weighted by Crippen LogP contribution is 2.34. The highest BCUT2D eigenvalue weighted by atomic mass is 35.5. The van der Waals surface area contributed by atoms with E-state index in [4.69, 9.17) is 27.9 Å². The van der Waals surface area contributed by atoms with Crippen LogP contribution in [-0.4, -0.2) is 36.0 Å². The first-order valence-corrected chi connectivity index (χ1v) is 8.13. The normalized spacial score (nSPS) is 10.4. The lowest BCUT2D eigenvalue weighted by molar-refractivity contribution is -0.385. The van der Waals surface area contributed by atoms with E-state index in [2.05, 4.69) is 5.43 Å². The molecule has 0 fully saturated rings. The van der Waals surface area contributed by atoms with Crippen molar-refractivity contribution in [1.82, 2.24) is 15.8 Å². The fourth-order valence-corrected chi connectivity index (χ4v) is 2.51. The number of rotatable bonds is 5. The maximum Gasteiger partial charge on any atom is 0.336 e. The summed E-state index contributed by atoms with van der Waals surface area (Å²) in [6.45, 7) is 0. The Labute approximate surface area is 163 Å². The summed E-state index contributed by atoms with van der Waals surface area (Å²) in [6, 6.07) is 7.10. The number of nitro groups is 1. The minimum atomic E-state index is -0.810. The summed E-state index contributed by atoms with van der Waals surface area (Å²) in [5, 5.41) is 15.3. The molecule has 0 saturated heterocycles. The van der Waals surface area contributed by atoms with Crippen LogP contribution in [0.2, 0.25) is 10.0 Å². The summed E-state index contributed by atoms with van der Waals surface area (Å²) in [5.41, 5.74) is 1.76. The molecular formula is C16H14Cl2N4O5. The van der Waals surface area contributed by atoms with Crippen LogP contribution in [0, 0.1) is 10.1 Å². The van der Waals surface area contributed by atoms with Gasteiger partial charge in [-0.15, -0.1) is 0 Å². The third-order valence-electron chi connectivity index (χ3n) is 3.03. The average molecular weight is 413 g/mol. The van der Waals surface area contributed by atoms with E-state index in [0.717, 1.165) is 6.07 Å². The Morgan fingerprint density at radius 2 is 1.74 bits per heavy atom. The molecule has 0 spiro atoms. The standard InChI is InChI=1S/C16H14Cl2N4O5/c1-21(2)20-16(24)19-15(23)9-3-4-14(13(5-9)22(25)26)27-12-7-10(17)6-11(18)8-12/h3-8H,1-2H3,(H2,19,20,23,24). The van der Waals surface area contributed by atoms with Crippen molar-refractivity contribution < 1.29 is 19.2 Å². The lowest BCUT2D eigenvalue weighted by Crippen LogP contribution is -2.45. The number of halogens is 2. The fourth-order valence-electron chi connectivity index (χ4n) is 2.01. The number of imide groups is 1. The van der Waals surface area contributed by atoms with Gasteiger partial charge in [0.2, 0.25) is 5.75 Å². The largest absolute Gasteiger partial charge is 0.450 e. The van der Waals surface area contributed by atoms with Crippen molar-refractivity contribution in [3.8, 4) is 11.5 Å². The molecule has 0 aliphatic carbocycles. The van der Waals surface area contributed by atoms with Crippen LogP contribution in [0.5, 0.6) is 11.5 Å². The summed E-state index contributed by atoms with van der Waals surface area (Å²) in [5.74, 6) is -0.736. The van der Waals surface area contributed by atoms with E-state index in [1.807, 2.05) is 5.32 Å². The van der Waals surface area contributed by atoms with E-state index < -0.39 is 22.5 Å². The van der Waals surface area contributed by atoms with Gasteiger partial charge in [0, 0.05) is 35.8 Å². The van der Waals surface area contributed by atoms with Gasteiger partial charge in [0.1, 0.15) is 5.75 Å². The van der Waals surface area contributed by atoms with E-state index in [-0.39, 0.29) is 17.1 Å². The van der Waals surface area contributed by atoms with E-state index in [0.29, 0.717) is 10.0 Å². The molecule has 2 aromatic rings. The predicted octanol–water partition coefficient (Wildman–Crippen LogP) is 3.61. The number of urea groups is 1. The lowest BCUT2D eigenvalue weighted by atomic mass is 10.1. The topological polar surface area (TPSA) is 114 Å². The molecule has 0 heterocycles. The number of nitro benzene ring substituents is 1. The Bertz CT molecular complexity index is 884. The van der Waals surface area contributed by atoms with Gasteiger partial charge >= 0.3 is 11.7 Å². The van der Waals surface area contributed by atoms with Gasteiger partial charge in [0.15, 0.2) is 0 Å². The second-order valence-corrected chi connectivity index (χ2v) is 6.31. The Hall–Kier alpha value is -2.88. The van der Waals surface area contributed by atoms with Crippen LogP contribution in [0.4, 0.5) is 10.5 Å². The molecule has 3 amide bonds. The molecule has 2 rings (SSSR count). The molecule has 0 aromatic heterocycles. The van der Waals surface area contributed by atoms with E-state index >= 15 is 0 Å². The molecule has 0 saturated carbocycles. The van der Waals surface area contributed by atoms with Crippen molar-refractivity contribution in [3.05, 3.63) is 62.1 Å². The predicted molar refractivity (Wildman–Crippen MR) is 99.3 cm³/mol. The van der Waals surface area contributed by atoms with Crippen molar-refractivity contribution >= 4 is 40.8 Å². The van der Waals surface area contributed by atoms with Crippen LogP contribution in [0.1, 0.15) is 10.4 Å². The number of hydrazine groups is 1. The minimum absolute atomic E-state index is 0.0907. The van der Waals surface area contributed by atoms with E-state index in [9.17, 15) is 19.7 Å². The van der Waals surface area contributed by atoms with Crippen molar-refractivity contribution in [2.45, 2.75) is 0 Å². The number of amides is 3. The SMILES string of the molecule is CN(C)NC(=O)NC(=O)c1ccc(Oc2cc(Cl)cc(Cl)c2)c([N+](=O)[O-])c1. The molecule has 0 bridgehead atoms. The molecule has 0 radical (unpaired) electrons. The molecule has 142 valence electrons. The molecule has 0 aliphatic rings. The van der Waals surface area contributed by atoms with Crippen molar-refractivity contribution in [3.63, 3.8) is 0 Å².